The van der Waals surface area contributed by atoms with Crippen LogP contribution in [0.25, 0.3) is 0 Å². The molecule has 0 radical (unpaired) electrons. The standard InChI is InChI=1S/C18H22S/c1-3-7-16(8-4-1)13-18-11-12-19(15-18)14-17-9-5-2-6-10-17/h1-10,18-19H,11-15H2/t18-/m1/s1. The molecule has 2 atom stereocenters. The molecule has 0 spiro atoms. The van der Waals surface area contributed by atoms with Gasteiger partial charge in [0.2, 0.25) is 0 Å². The van der Waals surface area contributed by atoms with Crippen LogP contribution in [0, 0.1) is 5.92 Å². The molecule has 19 heavy (non-hydrogen) atoms. The van der Waals surface area contributed by atoms with Gasteiger partial charge in [0, 0.05) is 5.75 Å². The van der Waals surface area contributed by atoms with Gasteiger partial charge in [-0.2, -0.15) is 0 Å². The van der Waals surface area contributed by atoms with Gasteiger partial charge < -0.3 is 0 Å². The van der Waals surface area contributed by atoms with Crippen molar-refractivity contribution in [2.75, 3.05) is 11.5 Å². The molecule has 1 unspecified atom stereocenters. The monoisotopic (exact) mass is 270 g/mol. The van der Waals surface area contributed by atoms with Crippen LogP contribution in [0.1, 0.15) is 17.5 Å². The number of thiol groups is 1. The average molecular weight is 270 g/mol. The molecule has 0 saturated carbocycles. The molecule has 0 amide bonds. The van der Waals surface area contributed by atoms with E-state index in [-0.39, 0.29) is 10.9 Å². The zero-order chi connectivity index (χ0) is 12.9. The molecule has 1 fully saturated rings. The summed E-state index contributed by atoms with van der Waals surface area (Å²) in [4.78, 5) is 0. The van der Waals surface area contributed by atoms with Crippen molar-refractivity contribution in [1.82, 2.24) is 0 Å². The Morgan fingerprint density at radius 2 is 1.47 bits per heavy atom. The maximum atomic E-state index is 2.28. The summed E-state index contributed by atoms with van der Waals surface area (Å²) in [7, 11) is 0.243. The lowest BCUT2D eigenvalue weighted by molar-refractivity contribution is 0.596. The number of benzene rings is 2. The minimum Gasteiger partial charge on any atom is -0.249 e. The van der Waals surface area contributed by atoms with Crippen molar-refractivity contribution in [2.45, 2.75) is 18.6 Å². The van der Waals surface area contributed by atoms with Crippen LogP contribution in [-0.4, -0.2) is 11.5 Å². The van der Waals surface area contributed by atoms with Crippen molar-refractivity contribution in [3.05, 3.63) is 71.8 Å². The Bertz CT molecular complexity index is 444. The van der Waals surface area contributed by atoms with Crippen molar-refractivity contribution in [1.29, 1.82) is 0 Å². The topological polar surface area (TPSA) is 0 Å². The number of rotatable bonds is 4. The quantitative estimate of drug-likeness (QED) is 0.780. The summed E-state index contributed by atoms with van der Waals surface area (Å²) < 4.78 is 0. The molecule has 1 heteroatoms. The predicted molar refractivity (Wildman–Crippen MR) is 87.1 cm³/mol. The number of hydrogen-bond donors (Lipinski definition) is 1. The zero-order valence-corrected chi connectivity index (χ0v) is 12.2. The first-order valence-corrected chi connectivity index (χ1v) is 9.10. The molecule has 0 aliphatic carbocycles. The lowest BCUT2D eigenvalue weighted by atomic mass is 9.99. The molecule has 0 N–H and O–H groups in total. The Kier molecular flexibility index (Phi) is 4.24. The van der Waals surface area contributed by atoms with Gasteiger partial charge >= 0.3 is 0 Å². The zero-order valence-electron chi connectivity index (χ0n) is 11.3. The summed E-state index contributed by atoms with van der Waals surface area (Å²) in [6.45, 7) is 0. The summed E-state index contributed by atoms with van der Waals surface area (Å²) in [5.74, 6) is 5.21. The fourth-order valence-electron chi connectivity index (χ4n) is 3.01. The Labute approximate surface area is 119 Å². The van der Waals surface area contributed by atoms with E-state index in [2.05, 4.69) is 60.7 Å². The third-order valence-corrected chi connectivity index (χ3v) is 6.72. The molecule has 0 nitrogen and oxygen atoms in total. The second-order valence-electron chi connectivity index (χ2n) is 5.57. The molecule has 3 rings (SSSR count). The van der Waals surface area contributed by atoms with Crippen molar-refractivity contribution >= 4 is 10.9 Å². The fourth-order valence-corrected chi connectivity index (χ4v) is 5.98. The highest BCUT2D eigenvalue weighted by molar-refractivity contribution is 8.16. The summed E-state index contributed by atoms with van der Waals surface area (Å²) in [5.41, 5.74) is 3.05. The first kappa shape index (κ1) is 12.8. The highest BCUT2D eigenvalue weighted by Crippen LogP contribution is 2.42. The first-order valence-electron chi connectivity index (χ1n) is 7.20. The Balaban J connectivity index is 1.53. The lowest BCUT2D eigenvalue weighted by Crippen LogP contribution is -2.03. The second-order valence-corrected chi connectivity index (χ2v) is 8.04. The van der Waals surface area contributed by atoms with E-state index < -0.39 is 0 Å². The van der Waals surface area contributed by atoms with E-state index in [4.69, 9.17) is 0 Å². The maximum absolute atomic E-state index is 2.28. The van der Waals surface area contributed by atoms with E-state index in [1.807, 2.05) is 0 Å². The van der Waals surface area contributed by atoms with Gasteiger partial charge in [-0.15, -0.1) is 0 Å². The van der Waals surface area contributed by atoms with E-state index in [9.17, 15) is 0 Å². The highest BCUT2D eigenvalue weighted by Gasteiger charge is 2.22. The summed E-state index contributed by atoms with van der Waals surface area (Å²) in [6.07, 6.45) is 2.72. The summed E-state index contributed by atoms with van der Waals surface area (Å²) >= 11 is 0. The van der Waals surface area contributed by atoms with E-state index in [0.29, 0.717) is 0 Å². The van der Waals surface area contributed by atoms with E-state index >= 15 is 0 Å². The van der Waals surface area contributed by atoms with Crippen LogP contribution in [0.2, 0.25) is 0 Å². The number of hydrogen-bond acceptors (Lipinski definition) is 0. The minimum atomic E-state index is 0.243. The van der Waals surface area contributed by atoms with E-state index in [1.54, 1.807) is 0 Å². The van der Waals surface area contributed by atoms with Gasteiger partial charge in [0.15, 0.2) is 0 Å². The van der Waals surface area contributed by atoms with Crippen LogP contribution >= 0.6 is 10.9 Å². The van der Waals surface area contributed by atoms with Gasteiger partial charge in [-0.3, -0.25) is 0 Å². The molecule has 1 aliphatic heterocycles. The Hall–Kier alpha value is -1.21. The molecule has 0 aromatic heterocycles. The first-order chi connectivity index (χ1) is 9.40. The van der Waals surface area contributed by atoms with Crippen molar-refractivity contribution in [2.24, 2.45) is 5.92 Å². The smallest absolute Gasteiger partial charge is 0.0000602 e. The lowest BCUT2D eigenvalue weighted by Gasteiger charge is -2.15. The van der Waals surface area contributed by atoms with Gasteiger partial charge in [-0.05, 0) is 41.4 Å². The van der Waals surface area contributed by atoms with Crippen LogP contribution in [0.5, 0.6) is 0 Å². The summed E-state index contributed by atoms with van der Waals surface area (Å²) in [6, 6.07) is 22.0. The molecule has 2 aromatic carbocycles. The largest absolute Gasteiger partial charge is 0.249 e. The van der Waals surface area contributed by atoms with Gasteiger partial charge in [-0.25, -0.2) is 10.9 Å². The van der Waals surface area contributed by atoms with Crippen molar-refractivity contribution < 1.29 is 0 Å². The molecular weight excluding hydrogens is 248 g/mol. The molecule has 0 bridgehead atoms. The normalized spacial score (nSPS) is 24.4. The third kappa shape index (κ3) is 3.63. The van der Waals surface area contributed by atoms with Crippen molar-refractivity contribution in [3.63, 3.8) is 0 Å². The van der Waals surface area contributed by atoms with E-state index in [0.717, 1.165) is 5.92 Å². The molecule has 1 aliphatic rings. The maximum Gasteiger partial charge on any atom is 0.0000602 e. The predicted octanol–water partition coefficient (Wildman–Crippen LogP) is 4.45. The SMILES string of the molecule is c1ccc(C[C@H]2CC[SH](Cc3ccccc3)C2)cc1. The van der Waals surface area contributed by atoms with Crippen LogP contribution in [-0.2, 0) is 12.2 Å². The van der Waals surface area contributed by atoms with Crippen molar-refractivity contribution in [3.8, 4) is 0 Å². The van der Waals surface area contributed by atoms with Gasteiger partial charge in [-0.1, -0.05) is 60.7 Å². The second kappa shape index (κ2) is 6.29. The van der Waals surface area contributed by atoms with Gasteiger partial charge in [0.05, 0.1) is 0 Å². The highest BCUT2D eigenvalue weighted by atomic mass is 32.2. The van der Waals surface area contributed by atoms with Crippen LogP contribution in [0.4, 0.5) is 0 Å². The molecule has 100 valence electrons. The van der Waals surface area contributed by atoms with E-state index in [1.165, 1.54) is 41.2 Å². The Morgan fingerprint density at radius 1 is 0.842 bits per heavy atom. The third-order valence-electron chi connectivity index (χ3n) is 3.99. The van der Waals surface area contributed by atoms with Gasteiger partial charge in [0.1, 0.15) is 0 Å². The van der Waals surface area contributed by atoms with Crippen LogP contribution in [0.15, 0.2) is 60.7 Å². The van der Waals surface area contributed by atoms with Crippen LogP contribution in [0.3, 0.4) is 0 Å². The van der Waals surface area contributed by atoms with Crippen LogP contribution < -0.4 is 0 Å². The molecule has 1 saturated heterocycles. The average Bonchev–Trinajstić information content (AvgIpc) is 2.88. The molecule has 2 aromatic rings. The summed E-state index contributed by atoms with van der Waals surface area (Å²) in [5, 5.41) is 0. The Morgan fingerprint density at radius 3 is 2.16 bits per heavy atom. The minimum absolute atomic E-state index is 0.243. The molecule has 1 heterocycles. The van der Waals surface area contributed by atoms with Gasteiger partial charge in [0.25, 0.3) is 0 Å². The molecular formula is C18H22S. The fraction of sp³-hybridized carbons (Fsp3) is 0.333.